The summed E-state index contributed by atoms with van der Waals surface area (Å²) < 4.78 is 56.0. The van der Waals surface area contributed by atoms with Crippen molar-refractivity contribution in [1.29, 1.82) is 0 Å². The number of sulfonamides is 1. The van der Waals surface area contributed by atoms with Crippen LogP contribution in [-0.4, -0.2) is 29.0 Å². The number of halogens is 2. The zero-order chi connectivity index (χ0) is 16.6. The van der Waals surface area contributed by atoms with Crippen LogP contribution in [0.15, 0.2) is 35.4 Å². The summed E-state index contributed by atoms with van der Waals surface area (Å²) in [7, 11) is -2.40. The van der Waals surface area contributed by atoms with Crippen LogP contribution in [0.1, 0.15) is 31.0 Å². The summed E-state index contributed by atoms with van der Waals surface area (Å²) >= 11 is 0. The second-order valence-electron chi connectivity index (χ2n) is 5.58. The van der Waals surface area contributed by atoms with E-state index in [1.165, 1.54) is 4.31 Å². The molecule has 0 bridgehead atoms. The lowest BCUT2D eigenvalue weighted by Crippen LogP contribution is -2.39. The minimum Gasteiger partial charge on any atom is -0.271 e. The third kappa shape index (κ3) is 2.88. The van der Waals surface area contributed by atoms with Gasteiger partial charge in [0.05, 0.1) is 11.7 Å². The van der Waals surface area contributed by atoms with E-state index < -0.39 is 32.6 Å². The largest absolute Gasteiger partial charge is 0.271 e. The normalized spacial score (nSPS) is 19.9. The highest BCUT2D eigenvalue weighted by molar-refractivity contribution is 7.89. The average Bonchev–Trinajstić information content (AvgIpc) is 2.95. The first-order valence-electron chi connectivity index (χ1n) is 7.36. The van der Waals surface area contributed by atoms with Crippen LogP contribution in [0, 0.1) is 11.6 Å². The Labute approximate surface area is 133 Å². The molecule has 0 saturated carbocycles. The predicted octanol–water partition coefficient (Wildman–Crippen LogP) is 2.61. The topological polar surface area (TPSA) is 55.2 Å². The lowest BCUT2D eigenvalue weighted by atomic mass is 10.0. The molecule has 1 fully saturated rings. The second kappa shape index (κ2) is 6.01. The molecule has 1 aliphatic heterocycles. The molecule has 5 nitrogen and oxygen atoms in total. The van der Waals surface area contributed by atoms with Gasteiger partial charge in [-0.1, -0.05) is 6.42 Å². The first-order valence-corrected chi connectivity index (χ1v) is 8.80. The molecule has 0 aliphatic carbocycles. The fraction of sp³-hybridized carbons (Fsp3) is 0.400. The van der Waals surface area contributed by atoms with E-state index in [1.807, 2.05) is 0 Å². The zero-order valence-corrected chi connectivity index (χ0v) is 13.4. The fourth-order valence-electron chi connectivity index (χ4n) is 3.00. The van der Waals surface area contributed by atoms with Gasteiger partial charge in [-0.2, -0.15) is 9.40 Å². The summed E-state index contributed by atoms with van der Waals surface area (Å²) in [6, 6.07) is 3.80. The van der Waals surface area contributed by atoms with Gasteiger partial charge in [-0.25, -0.2) is 17.2 Å². The Morgan fingerprint density at radius 2 is 2.00 bits per heavy atom. The van der Waals surface area contributed by atoms with Crippen molar-refractivity contribution in [3.63, 3.8) is 0 Å². The number of aryl methyl sites for hydroxylation is 1. The summed E-state index contributed by atoms with van der Waals surface area (Å²) in [4.78, 5) is -0.619. The van der Waals surface area contributed by atoms with Gasteiger partial charge < -0.3 is 0 Å². The molecule has 1 aliphatic rings. The molecule has 2 heterocycles. The van der Waals surface area contributed by atoms with Crippen LogP contribution in [0.3, 0.4) is 0 Å². The number of piperidine rings is 1. The van der Waals surface area contributed by atoms with Crippen LogP contribution < -0.4 is 0 Å². The number of aromatic nitrogens is 2. The molecular formula is C15H17F2N3O2S. The van der Waals surface area contributed by atoms with E-state index in [9.17, 15) is 17.2 Å². The molecule has 0 spiro atoms. The van der Waals surface area contributed by atoms with Gasteiger partial charge in [-0.15, -0.1) is 0 Å². The highest BCUT2D eigenvalue weighted by atomic mass is 32.2. The molecule has 2 aromatic rings. The van der Waals surface area contributed by atoms with Crippen LogP contribution in [0.5, 0.6) is 0 Å². The standard InChI is InChI=1S/C15H17F2N3O2S/c1-19-13(7-8-18-19)14-4-2-3-9-20(14)23(21,22)15-10-11(16)5-6-12(15)17/h5-8,10,14H,2-4,9H2,1H3. The molecule has 23 heavy (non-hydrogen) atoms. The first kappa shape index (κ1) is 16.1. The Hall–Kier alpha value is -1.80. The van der Waals surface area contributed by atoms with E-state index in [2.05, 4.69) is 5.10 Å². The maximum Gasteiger partial charge on any atom is 0.246 e. The van der Waals surface area contributed by atoms with Crippen LogP contribution in [0.2, 0.25) is 0 Å². The summed E-state index contributed by atoms with van der Waals surface area (Å²) in [6.07, 6.45) is 3.77. The molecule has 0 amide bonds. The van der Waals surface area contributed by atoms with Crippen LogP contribution in [0.25, 0.3) is 0 Å². The lowest BCUT2D eigenvalue weighted by Gasteiger charge is -2.34. The molecule has 1 aromatic carbocycles. The van der Waals surface area contributed by atoms with Crippen molar-refractivity contribution in [1.82, 2.24) is 14.1 Å². The Morgan fingerprint density at radius 1 is 1.22 bits per heavy atom. The van der Waals surface area contributed by atoms with Crippen LogP contribution >= 0.6 is 0 Å². The van der Waals surface area contributed by atoms with Crippen molar-refractivity contribution >= 4 is 10.0 Å². The molecule has 8 heteroatoms. The number of hydrogen-bond donors (Lipinski definition) is 0. The smallest absolute Gasteiger partial charge is 0.246 e. The fourth-order valence-corrected chi connectivity index (χ4v) is 4.75. The Kier molecular flexibility index (Phi) is 4.20. The van der Waals surface area contributed by atoms with E-state index >= 15 is 0 Å². The zero-order valence-electron chi connectivity index (χ0n) is 12.6. The van der Waals surface area contributed by atoms with Gasteiger partial charge in [0, 0.05) is 19.8 Å². The minimum atomic E-state index is -4.13. The van der Waals surface area contributed by atoms with Gasteiger partial charge in [-0.05, 0) is 37.1 Å². The van der Waals surface area contributed by atoms with Crippen molar-refractivity contribution in [2.24, 2.45) is 7.05 Å². The lowest BCUT2D eigenvalue weighted by molar-refractivity contribution is 0.245. The Morgan fingerprint density at radius 3 is 2.70 bits per heavy atom. The Balaban J connectivity index is 2.06. The maximum atomic E-state index is 14.0. The SMILES string of the molecule is Cn1nccc1C1CCCCN1S(=O)(=O)c1cc(F)ccc1F. The van der Waals surface area contributed by atoms with E-state index in [-0.39, 0.29) is 6.54 Å². The Bertz CT molecular complexity index is 820. The molecule has 1 unspecified atom stereocenters. The van der Waals surface area contributed by atoms with Crippen LogP contribution in [-0.2, 0) is 17.1 Å². The first-order chi connectivity index (χ1) is 10.9. The van der Waals surface area contributed by atoms with Crippen molar-refractivity contribution < 1.29 is 17.2 Å². The van der Waals surface area contributed by atoms with Gasteiger partial charge in [0.2, 0.25) is 10.0 Å². The van der Waals surface area contributed by atoms with Gasteiger partial charge >= 0.3 is 0 Å². The third-order valence-corrected chi connectivity index (χ3v) is 6.06. The molecule has 124 valence electrons. The molecule has 0 radical (unpaired) electrons. The van der Waals surface area contributed by atoms with E-state index in [0.29, 0.717) is 12.8 Å². The highest BCUT2D eigenvalue weighted by Gasteiger charge is 2.37. The third-order valence-electron chi connectivity index (χ3n) is 4.13. The highest BCUT2D eigenvalue weighted by Crippen LogP contribution is 2.35. The van der Waals surface area contributed by atoms with Crippen molar-refractivity contribution in [3.05, 3.63) is 47.8 Å². The molecule has 1 aromatic heterocycles. The summed E-state index contributed by atoms with van der Waals surface area (Å²) in [6.45, 7) is 0.272. The second-order valence-corrected chi connectivity index (χ2v) is 7.44. The average molecular weight is 341 g/mol. The number of benzene rings is 1. The monoisotopic (exact) mass is 341 g/mol. The summed E-state index contributed by atoms with van der Waals surface area (Å²) in [5.41, 5.74) is 0.741. The van der Waals surface area contributed by atoms with Gasteiger partial charge in [0.1, 0.15) is 16.5 Å². The molecule has 0 N–H and O–H groups in total. The maximum absolute atomic E-state index is 14.0. The minimum absolute atomic E-state index is 0.272. The van der Waals surface area contributed by atoms with E-state index in [0.717, 1.165) is 30.3 Å². The number of rotatable bonds is 3. The van der Waals surface area contributed by atoms with Gasteiger partial charge in [-0.3, -0.25) is 4.68 Å². The molecule has 1 saturated heterocycles. The van der Waals surface area contributed by atoms with E-state index in [1.54, 1.807) is 24.0 Å². The van der Waals surface area contributed by atoms with E-state index in [4.69, 9.17) is 0 Å². The van der Waals surface area contributed by atoms with Crippen molar-refractivity contribution in [3.8, 4) is 0 Å². The van der Waals surface area contributed by atoms with Gasteiger partial charge in [0.25, 0.3) is 0 Å². The quantitative estimate of drug-likeness (QED) is 0.862. The van der Waals surface area contributed by atoms with Crippen LogP contribution in [0.4, 0.5) is 8.78 Å². The number of nitrogens with zero attached hydrogens (tertiary/aromatic N) is 3. The molecule has 3 rings (SSSR count). The summed E-state index contributed by atoms with van der Waals surface area (Å²) in [5.74, 6) is -1.72. The predicted molar refractivity (Wildman–Crippen MR) is 80.0 cm³/mol. The van der Waals surface area contributed by atoms with Crippen molar-refractivity contribution in [2.45, 2.75) is 30.2 Å². The van der Waals surface area contributed by atoms with Gasteiger partial charge in [0.15, 0.2) is 0 Å². The number of hydrogen-bond acceptors (Lipinski definition) is 3. The molecular weight excluding hydrogens is 324 g/mol. The van der Waals surface area contributed by atoms with Crippen molar-refractivity contribution in [2.75, 3.05) is 6.54 Å². The summed E-state index contributed by atoms with van der Waals surface area (Å²) in [5, 5.41) is 4.07. The molecule has 1 atom stereocenters.